The number of halogens is 2. The molecule has 16 heavy (non-hydrogen) atoms. The number of nitrogens with two attached hydrogens (primary N) is 1. The summed E-state index contributed by atoms with van der Waals surface area (Å²) in [5.74, 6) is 0. The first kappa shape index (κ1) is 12.3. The number of benzene rings is 2. The van der Waals surface area contributed by atoms with Crippen molar-refractivity contribution in [2.24, 2.45) is 5.73 Å². The fraction of sp³-hybridized carbons (Fsp3) is 0.0769. The zero-order chi connectivity index (χ0) is 11.8. The van der Waals surface area contributed by atoms with Crippen LogP contribution in [0.5, 0.6) is 0 Å². The fourth-order valence-electron chi connectivity index (χ4n) is 1.26. The molecule has 2 rings (SSSR count). The summed E-state index contributed by atoms with van der Waals surface area (Å²) in [5, 5.41) is 0. The molecular formula is C13H13F2N. The van der Waals surface area contributed by atoms with Gasteiger partial charge in [-0.15, -0.1) is 0 Å². The molecule has 0 amide bonds. The van der Waals surface area contributed by atoms with Crippen molar-refractivity contribution in [1.29, 1.82) is 0 Å². The lowest BCUT2D eigenvalue weighted by molar-refractivity contribution is 0.157. The second-order valence-corrected chi connectivity index (χ2v) is 3.07. The number of hydrogen-bond donors (Lipinski definition) is 1. The Morgan fingerprint density at radius 2 is 0.938 bits per heavy atom. The lowest BCUT2D eigenvalue weighted by Gasteiger charge is -1.98. The van der Waals surface area contributed by atoms with Crippen LogP contribution in [0.25, 0.3) is 11.1 Å². The summed E-state index contributed by atoms with van der Waals surface area (Å²) >= 11 is 0. The third-order valence-electron chi connectivity index (χ3n) is 1.88. The van der Waals surface area contributed by atoms with E-state index in [4.69, 9.17) is 0 Å². The third-order valence-corrected chi connectivity index (χ3v) is 1.88. The Balaban J connectivity index is 0.000000280. The van der Waals surface area contributed by atoms with Crippen LogP contribution in [0.3, 0.4) is 0 Å². The van der Waals surface area contributed by atoms with Crippen molar-refractivity contribution in [3.8, 4) is 11.1 Å². The molecule has 84 valence electrons. The molecule has 0 radical (unpaired) electrons. The van der Waals surface area contributed by atoms with Gasteiger partial charge in [-0.25, -0.2) is 0 Å². The standard InChI is InChI=1S/C12H10.CH3F2N/c1-3-7-11(8-4-1)12-9-5-2-6-10-12;2-1(3)4/h1-10H;1H,4H2. The summed E-state index contributed by atoms with van der Waals surface area (Å²) in [6, 6.07) is 20.8. The summed E-state index contributed by atoms with van der Waals surface area (Å²) in [6.07, 6.45) is 0. The molecule has 0 saturated heterocycles. The molecule has 0 saturated carbocycles. The van der Waals surface area contributed by atoms with Gasteiger partial charge < -0.3 is 0 Å². The highest BCUT2D eigenvalue weighted by molar-refractivity contribution is 5.62. The minimum Gasteiger partial charge on any atom is -0.275 e. The predicted octanol–water partition coefficient (Wildman–Crippen LogP) is 3.52. The van der Waals surface area contributed by atoms with Crippen LogP contribution in [0.2, 0.25) is 0 Å². The van der Waals surface area contributed by atoms with Gasteiger partial charge in [-0.05, 0) is 11.1 Å². The minimum atomic E-state index is -2.67. The van der Waals surface area contributed by atoms with Crippen molar-refractivity contribution in [3.05, 3.63) is 60.7 Å². The van der Waals surface area contributed by atoms with Gasteiger partial charge in [-0.1, -0.05) is 60.7 Å². The Bertz CT molecular complexity index is 347. The molecule has 0 atom stereocenters. The van der Waals surface area contributed by atoms with Crippen LogP contribution < -0.4 is 5.73 Å². The summed E-state index contributed by atoms with van der Waals surface area (Å²) < 4.78 is 20.2. The average Bonchev–Trinajstić information content (AvgIpc) is 2.31. The number of rotatable bonds is 1. The maximum absolute atomic E-state index is 10.1. The largest absolute Gasteiger partial charge is 0.289 e. The van der Waals surface area contributed by atoms with Crippen LogP contribution in [0, 0.1) is 0 Å². The molecule has 0 aliphatic carbocycles. The summed E-state index contributed by atoms with van der Waals surface area (Å²) in [7, 11) is 0. The fourth-order valence-corrected chi connectivity index (χ4v) is 1.26. The molecule has 3 heteroatoms. The Hall–Kier alpha value is -1.74. The van der Waals surface area contributed by atoms with Crippen LogP contribution in [-0.4, -0.2) is 6.55 Å². The summed E-state index contributed by atoms with van der Waals surface area (Å²) in [4.78, 5) is 0. The molecule has 0 aliphatic heterocycles. The van der Waals surface area contributed by atoms with E-state index >= 15 is 0 Å². The van der Waals surface area contributed by atoms with Gasteiger partial charge in [0.15, 0.2) is 0 Å². The van der Waals surface area contributed by atoms with Crippen molar-refractivity contribution < 1.29 is 8.78 Å². The Kier molecular flexibility index (Phi) is 5.16. The second-order valence-electron chi connectivity index (χ2n) is 3.07. The van der Waals surface area contributed by atoms with Gasteiger partial charge >= 0.3 is 0 Å². The molecule has 2 aromatic rings. The summed E-state index contributed by atoms with van der Waals surface area (Å²) in [6.45, 7) is -2.67. The zero-order valence-electron chi connectivity index (χ0n) is 8.68. The smallest absolute Gasteiger partial charge is 0.275 e. The van der Waals surface area contributed by atoms with E-state index < -0.39 is 6.55 Å². The van der Waals surface area contributed by atoms with Gasteiger partial charge in [-0.2, -0.15) is 8.78 Å². The molecule has 2 aromatic carbocycles. The zero-order valence-corrected chi connectivity index (χ0v) is 8.68. The van der Waals surface area contributed by atoms with E-state index in [1.54, 1.807) is 0 Å². The van der Waals surface area contributed by atoms with Crippen LogP contribution in [0.1, 0.15) is 0 Å². The first-order chi connectivity index (χ1) is 7.70. The predicted molar refractivity (Wildman–Crippen MR) is 62.1 cm³/mol. The second kappa shape index (κ2) is 6.69. The molecule has 0 unspecified atom stereocenters. The van der Waals surface area contributed by atoms with Gasteiger partial charge in [0.2, 0.25) is 0 Å². The highest BCUT2D eigenvalue weighted by Gasteiger charge is 1.91. The van der Waals surface area contributed by atoms with Crippen LogP contribution in [-0.2, 0) is 0 Å². The molecule has 0 bridgehead atoms. The van der Waals surface area contributed by atoms with Crippen molar-refractivity contribution >= 4 is 0 Å². The molecular weight excluding hydrogens is 208 g/mol. The maximum Gasteiger partial charge on any atom is 0.289 e. The Labute approximate surface area is 93.5 Å². The van der Waals surface area contributed by atoms with E-state index in [0.29, 0.717) is 0 Å². The third kappa shape index (κ3) is 4.66. The molecule has 0 heterocycles. The van der Waals surface area contributed by atoms with Crippen molar-refractivity contribution in [2.75, 3.05) is 0 Å². The van der Waals surface area contributed by atoms with E-state index in [-0.39, 0.29) is 0 Å². The van der Waals surface area contributed by atoms with Gasteiger partial charge in [0.1, 0.15) is 0 Å². The average molecular weight is 221 g/mol. The highest BCUT2D eigenvalue weighted by atomic mass is 19.3. The lowest BCUT2D eigenvalue weighted by Crippen LogP contribution is -2.02. The van der Waals surface area contributed by atoms with Gasteiger partial charge in [0.25, 0.3) is 6.55 Å². The quantitative estimate of drug-likeness (QED) is 0.732. The highest BCUT2D eigenvalue weighted by Crippen LogP contribution is 2.17. The van der Waals surface area contributed by atoms with Gasteiger partial charge in [0.05, 0.1) is 0 Å². The molecule has 2 N–H and O–H groups in total. The monoisotopic (exact) mass is 221 g/mol. The van der Waals surface area contributed by atoms with E-state index in [2.05, 4.69) is 54.3 Å². The van der Waals surface area contributed by atoms with Gasteiger partial charge in [0, 0.05) is 0 Å². The van der Waals surface area contributed by atoms with E-state index in [1.807, 2.05) is 12.1 Å². The molecule has 0 spiro atoms. The first-order valence-corrected chi connectivity index (χ1v) is 4.84. The van der Waals surface area contributed by atoms with E-state index in [9.17, 15) is 8.78 Å². The Morgan fingerprint density at radius 3 is 1.19 bits per heavy atom. The normalized spacial score (nSPS) is 9.50. The maximum atomic E-state index is 10.1. The van der Waals surface area contributed by atoms with Crippen LogP contribution in [0.4, 0.5) is 8.78 Å². The van der Waals surface area contributed by atoms with Crippen molar-refractivity contribution in [1.82, 2.24) is 0 Å². The lowest BCUT2D eigenvalue weighted by atomic mass is 10.1. The topological polar surface area (TPSA) is 26.0 Å². The SMILES string of the molecule is NC(F)F.c1ccc(-c2ccccc2)cc1. The molecule has 0 aliphatic rings. The first-order valence-electron chi connectivity index (χ1n) is 4.84. The Morgan fingerprint density at radius 1 is 0.688 bits per heavy atom. The summed E-state index contributed by atoms with van der Waals surface area (Å²) in [5.41, 5.74) is 6.33. The molecule has 1 nitrogen and oxygen atoms in total. The van der Waals surface area contributed by atoms with Gasteiger partial charge in [-0.3, -0.25) is 5.73 Å². The van der Waals surface area contributed by atoms with E-state index in [1.165, 1.54) is 11.1 Å². The van der Waals surface area contributed by atoms with Crippen LogP contribution in [0.15, 0.2) is 60.7 Å². The van der Waals surface area contributed by atoms with Crippen molar-refractivity contribution in [2.45, 2.75) is 6.55 Å². The van der Waals surface area contributed by atoms with Crippen LogP contribution >= 0.6 is 0 Å². The number of alkyl halides is 2. The molecule has 0 fully saturated rings. The van der Waals surface area contributed by atoms with E-state index in [0.717, 1.165) is 0 Å². The number of hydrogen-bond acceptors (Lipinski definition) is 1. The molecule has 0 aromatic heterocycles. The van der Waals surface area contributed by atoms with Crippen molar-refractivity contribution in [3.63, 3.8) is 0 Å². The minimum absolute atomic E-state index is 1.28.